The third-order valence-electron chi connectivity index (χ3n) is 5.51. The average molecular weight is 441 g/mol. The van der Waals surface area contributed by atoms with Crippen molar-refractivity contribution in [2.75, 3.05) is 18.0 Å². The van der Waals surface area contributed by atoms with Gasteiger partial charge in [0.1, 0.15) is 0 Å². The molecule has 0 bridgehead atoms. The molecule has 1 aliphatic rings. The molecule has 0 saturated carbocycles. The van der Waals surface area contributed by atoms with E-state index in [0.717, 1.165) is 25.1 Å². The van der Waals surface area contributed by atoms with E-state index in [9.17, 15) is 4.79 Å². The van der Waals surface area contributed by atoms with Crippen molar-refractivity contribution in [1.82, 2.24) is 5.32 Å². The number of aryl methyl sites for hydroxylation is 1. The van der Waals surface area contributed by atoms with E-state index in [1.165, 1.54) is 16.7 Å². The Hall–Kier alpha value is -3.19. The van der Waals surface area contributed by atoms with Gasteiger partial charge >= 0.3 is 11.9 Å². The van der Waals surface area contributed by atoms with E-state index in [0.29, 0.717) is 12.5 Å². The molecule has 0 spiro atoms. The highest BCUT2D eigenvalue weighted by Crippen LogP contribution is 2.43. The number of nitrogens with one attached hydrogen (secondary N) is 1. The minimum atomic E-state index is -1.82. The molecule has 0 aliphatic carbocycles. The Balaban J connectivity index is 0.000000534. The maximum atomic E-state index is 13.0. The minimum Gasteiger partial charge on any atom is -0.473 e. The molecule has 32 heavy (non-hydrogen) atoms. The van der Waals surface area contributed by atoms with Gasteiger partial charge in [-0.1, -0.05) is 55.0 Å². The number of rotatable bonds is 5. The van der Waals surface area contributed by atoms with E-state index >= 15 is 0 Å². The van der Waals surface area contributed by atoms with Crippen LogP contribution in [0, 0.1) is 6.92 Å². The summed E-state index contributed by atoms with van der Waals surface area (Å²) < 4.78 is 0. The van der Waals surface area contributed by atoms with Crippen LogP contribution in [0.2, 0.25) is 0 Å². The number of aliphatic carboxylic acids is 2. The molecule has 0 radical (unpaired) electrons. The van der Waals surface area contributed by atoms with Crippen LogP contribution in [0.5, 0.6) is 0 Å². The van der Waals surface area contributed by atoms with Gasteiger partial charge in [0, 0.05) is 11.2 Å². The number of fused-ring (bicyclic) bond motifs is 1. The lowest BCUT2D eigenvalue weighted by Crippen LogP contribution is -2.54. The molecule has 3 rings (SSSR count). The van der Waals surface area contributed by atoms with Crippen LogP contribution in [0.1, 0.15) is 49.8 Å². The van der Waals surface area contributed by atoms with Gasteiger partial charge in [-0.2, -0.15) is 0 Å². The first kappa shape index (κ1) is 25.1. The Labute approximate surface area is 189 Å². The summed E-state index contributed by atoms with van der Waals surface area (Å²) >= 11 is 0. The van der Waals surface area contributed by atoms with E-state index in [4.69, 9.17) is 19.8 Å². The highest BCUT2D eigenvalue weighted by atomic mass is 16.4. The summed E-state index contributed by atoms with van der Waals surface area (Å²) in [6.07, 6.45) is 1.92. The maximum Gasteiger partial charge on any atom is 0.414 e. The van der Waals surface area contributed by atoms with Gasteiger partial charge in [-0.3, -0.25) is 4.79 Å². The first-order valence-corrected chi connectivity index (χ1v) is 10.7. The van der Waals surface area contributed by atoms with Crippen LogP contribution in [-0.2, 0) is 20.8 Å². The van der Waals surface area contributed by atoms with Crippen LogP contribution in [0.25, 0.3) is 0 Å². The molecule has 1 aliphatic heterocycles. The summed E-state index contributed by atoms with van der Waals surface area (Å²) in [6.45, 7) is 9.91. The smallest absolute Gasteiger partial charge is 0.414 e. The van der Waals surface area contributed by atoms with Gasteiger partial charge in [-0.25, -0.2) is 9.59 Å². The van der Waals surface area contributed by atoms with Crippen LogP contribution in [0.15, 0.2) is 48.5 Å². The molecule has 0 saturated heterocycles. The predicted molar refractivity (Wildman–Crippen MR) is 124 cm³/mol. The Morgan fingerprint density at radius 3 is 2.28 bits per heavy atom. The Kier molecular flexibility index (Phi) is 8.55. The second-order valence-electron chi connectivity index (χ2n) is 8.73. The van der Waals surface area contributed by atoms with E-state index in [1.54, 1.807) is 0 Å². The molecule has 7 nitrogen and oxygen atoms in total. The van der Waals surface area contributed by atoms with Gasteiger partial charge in [0.2, 0.25) is 5.91 Å². The topological polar surface area (TPSA) is 107 Å². The lowest BCUT2D eigenvalue weighted by atomic mass is 9.79. The monoisotopic (exact) mass is 440 g/mol. The van der Waals surface area contributed by atoms with Crippen LogP contribution in [-0.4, -0.2) is 46.7 Å². The van der Waals surface area contributed by atoms with Crippen molar-refractivity contribution in [3.8, 4) is 0 Å². The molecule has 1 unspecified atom stereocenters. The van der Waals surface area contributed by atoms with Crippen molar-refractivity contribution in [2.24, 2.45) is 0 Å². The number of carboxylic acids is 2. The van der Waals surface area contributed by atoms with Crippen LogP contribution in [0.3, 0.4) is 0 Å². The standard InChI is InChI=1S/C23H30N2O.C2H2O4/c1-17-10-11-21-20(14-17)18(2)15-23(3,4)25(21)22(26)16-24-13-12-19-8-6-5-7-9-19;3-1(4)2(5)6/h5-11,14,18,24H,12-13,15-16H2,1-4H3;(H,3,4)(H,5,6). The van der Waals surface area contributed by atoms with E-state index in [2.05, 4.69) is 75.5 Å². The Bertz CT molecular complexity index is 944. The van der Waals surface area contributed by atoms with Crippen molar-refractivity contribution < 1.29 is 24.6 Å². The van der Waals surface area contributed by atoms with E-state index in [-0.39, 0.29) is 11.4 Å². The summed E-state index contributed by atoms with van der Waals surface area (Å²) in [5.74, 6) is -3.03. The number of carbonyl (C=O) groups excluding carboxylic acids is 1. The van der Waals surface area contributed by atoms with Crippen LogP contribution in [0.4, 0.5) is 5.69 Å². The van der Waals surface area contributed by atoms with Crippen molar-refractivity contribution in [1.29, 1.82) is 0 Å². The van der Waals surface area contributed by atoms with E-state index in [1.807, 2.05) is 11.0 Å². The zero-order chi connectivity index (χ0) is 23.9. The van der Waals surface area contributed by atoms with Gasteiger partial charge < -0.3 is 20.4 Å². The Morgan fingerprint density at radius 2 is 1.69 bits per heavy atom. The third kappa shape index (κ3) is 6.65. The fraction of sp³-hybridized carbons (Fsp3) is 0.400. The minimum absolute atomic E-state index is 0.153. The molecule has 1 atom stereocenters. The molecule has 2 aromatic carbocycles. The SMILES string of the molecule is Cc1ccc2c(c1)C(C)CC(C)(C)N2C(=O)CNCCc1ccccc1.O=C(O)C(=O)O. The number of nitrogens with zero attached hydrogens (tertiary/aromatic N) is 1. The van der Waals surface area contributed by atoms with Crippen LogP contribution >= 0.6 is 0 Å². The lowest BCUT2D eigenvalue weighted by molar-refractivity contribution is -0.159. The zero-order valence-corrected chi connectivity index (χ0v) is 19.1. The Morgan fingerprint density at radius 1 is 1.06 bits per heavy atom. The van der Waals surface area contributed by atoms with Gasteiger partial charge in [0.25, 0.3) is 0 Å². The summed E-state index contributed by atoms with van der Waals surface area (Å²) in [7, 11) is 0. The van der Waals surface area contributed by atoms with Gasteiger partial charge in [0.05, 0.1) is 6.54 Å². The number of carbonyl (C=O) groups is 3. The predicted octanol–water partition coefficient (Wildman–Crippen LogP) is 3.60. The largest absolute Gasteiger partial charge is 0.473 e. The molecule has 172 valence electrons. The number of carboxylic acid groups (broad SMARTS) is 2. The summed E-state index contributed by atoms with van der Waals surface area (Å²) in [5.41, 5.74) is 4.75. The van der Waals surface area contributed by atoms with E-state index < -0.39 is 11.9 Å². The second kappa shape index (κ2) is 10.9. The number of anilines is 1. The highest BCUT2D eigenvalue weighted by Gasteiger charge is 2.39. The fourth-order valence-corrected chi connectivity index (χ4v) is 4.17. The zero-order valence-electron chi connectivity index (χ0n) is 19.1. The molecule has 3 N–H and O–H groups in total. The normalized spacial score (nSPS) is 16.4. The second-order valence-corrected chi connectivity index (χ2v) is 8.73. The summed E-state index contributed by atoms with van der Waals surface area (Å²) in [6, 6.07) is 16.8. The van der Waals surface area contributed by atoms with Gasteiger partial charge in [-0.15, -0.1) is 0 Å². The number of hydrogen-bond donors (Lipinski definition) is 3. The van der Waals surface area contributed by atoms with Crippen molar-refractivity contribution in [3.05, 3.63) is 65.2 Å². The highest BCUT2D eigenvalue weighted by molar-refractivity contribution is 6.27. The molecule has 7 heteroatoms. The fourth-order valence-electron chi connectivity index (χ4n) is 4.17. The molecular formula is C25H32N2O5. The molecule has 1 heterocycles. The van der Waals surface area contributed by atoms with Crippen molar-refractivity contribution in [2.45, 2.75) is 52.0 Å². The third-order valence-corrected chi connectivity index (χ3v) is 5.51. The first-order valence-electron chi connectivity index (χ1n) is 10.7. The lowest BCUT2D eigenvalue weighted by Gasteiger charge is -2.46. The van der Waals surface area contributed by atoms with Crippen LogP contribution < -0.4 is 10.2 Å². The molecule has 0 aromatic heterocycles. The number of amides is 1. The number of benzene rings is 2. The summed E-state index contributed by atoms with van der Waals surface area (Å²) in [4.78, 5) is 33.3. The molecule has 0 fully saturated rings. The van der Waals surface area contributed by atoms with Crippen molar-refractivity contribution in [3.63, 3.8) is 0 Å². The number of hydrogen-bond acceptors (Lipinski definition) is 4. The summed E-state index contributed by atoms with van der Waals surface area (Å²) in [5, 5.41) is 18.1. The quantitative estimate of drug-likeness (QED) is 0.484. The molecular weight excluding hydrogens is 408 g/mol. The van der Waals surface area contributed by atoms with Gasteiger partial charge in [-0.05, 0) is 63.3 Å². The first-order chi connectivity index (χ1) is 15.0. The average Bonchev–Trinajstić information content (AvgIpc) is 2.72. The molecule has 2 aromatic rings. The maximum absolute atomic E-state index is 13.0. The van der Waals surface area contributed by atoms with Crippen molar-refractivity contribution >= 4 is 23.5 Å². The molecule has 1 amide bonds. The van der Waals surface area contributed by atoms with Gasteiger partial charge in [0.15, 0.2) is 0 Å².